The largest absolute Gasteiger partial charge is 0.484 e. The van der Waals surface area contributed by atoms with E-state index in [2.05, 4.69) is 38.8 Å². The second kappa shape index (κ2) is 11.4. The minimum absolute atomic E-state index is 0.0547. The van der Waals surface area contributed by atoms with Gasteiger partial charge in [0, 0.05) is 31.0 Å². The summed E-state index contributed by atoms with van der Waals surface area (Å²) in [7, 11) is 2.08. The van der Waals surface area contributed by atoms with Crippen LogP contribution in [0.4, 0.5) is 24.8 Å². The van der Waals surface area contributed by atoms with Crippen LogP contribution in [-0.4, -0.2) is 68.2 Å². The molecule has 210 valence electrons. The van der Waals surface area contributed by atoms with Gasteiger partial charge in [-0.3, -0.25) is 4.79 Å². The number of rotatable bonds is 9. The van der Waals surface area contributed by atoms with Gasteiger partial charge in [0.2, 0.25) is 11.8 Å². The molecule has 4 heterocycles. The molecule has 10 nitrogen and oxygen atoms in total. The molecule has 1 fully saturated rings. The molecule has 1 saturated heterocycles. The SMILES string of the molecule is C=CCn1c(=O)c2cnc(Nc3ccc(OCC(F)(F)F)cc3)nc2n1-c1cccc(OC2CCN(C)CC2)n1. The van der Waals surface area contributed by atoms with Gasteiger partial charge in [-0.1, -0.05) is 12.1 Å². The zero-order chi connectivity index (χ0) is 28.3. The summed E-state index contributed by atoms with van der Waals surface area (Å²) in [5, 5.41) is 3.29. The minimum Gasteiger partial charge on any atom is -0.484 e. The number of ether oxygens (including phenoxy) is 2. The number of allylic oxidation sites excluding steroid dienone is 1. The van der Waals surface area contributed by atoms with Crippen molar-refractivity contribution in [3.8, 4) is 17.4 Å². The van der Waals surface area contributed by atoms with Gasteiger partial charge in [-0.05, 0) is 50.2 Å². The Morgan fingerprint density at radius 3 is 2.58 bits per heavy atom. The standard InChI is InChI=1S/C27H28F3N7O3/c1-3-13-36-25(38)21-16-31-26(32-18-7-9-19(10-8-18)39-17-27(28,29)30)34-24(21)37(36)22-5-4-6-23(33-22)40-20-11-14-35(2)15-12-20/h3-10,16,20H,1,11-15,17H2,2H3,(H,31,32,34). The lowest BCUT2D eigenvalue weighted by molar-refractivity contribution is -0.153. The van der Waals surface area contributed by atoms with E-state index in [1.807, 2.05) is 6.07 Å². The van der Waals surface area contributed by atoms with E-state index in [1.165, 1.54) is 23.0 Å². The predicted octanol–water partition coefficient (Wildman–Crippen LogP) is 4.32. The zero-order valence-electron chi connectivity index (χ0n) is 21.8. The highest BCUT2D eigenvalue weighted by Crippen LogP contribution is 2.24. The van der Waals surface area contributed by atoms with Crippen LogP contribution in [0.25, 0.3) is 16.9 Å². The van der Waals surface area contributed by atoms with E-state index >= 15 is 0 Å². The molecule has 0 saturated carbocycles. The second-order valence-electron chi connectivity index (χ2n) is 9.43. The average Bonchev–Trinajstić information content (AvgIpc) is 3.20. The van der Waals surface area contributed by atoms with Gasteiger partial charge in [-0.2, -0.15) is 23.1 Å². The first-order chi connectivity index (χ1) is 19.2. The molecule has 1 aromatic carbocycles. The summed E-state index contributed by atoms with van der Waals surface area (Å²) in [5.74, 6) is 1.14. The first-order valence-corrected chi connectivity index (χ1v) is 12.7. The van der Waals surface area contributed by atoms with E-state index < -0.39 is 12.8 Å². The summed E-state index contributed by atoms with van der Waals surface area (Å²) in [6.45, 7) is 4.49. The quantitative estimate of drug-likeness (QED) is 0.305. The third-order valence-electron chi connectivity index (χ3n) is 6.37. The van der Waals surface area contributed by atoms with Crippen molar-refractivity contribution in [3.63, 3.8) is 0 Å². The number of nitrogens with zero attached hydrogens (tertiary/aromatic N) is 6. The first kappa shape index (κ1) is 27.2. The molecule has 0 unspecified atom stereocenters. The molecule has 3 aromatic heterocycles. The van der Waals surface area contributed by atoms with Crippen LogP contribution in [0.15, 0.2) is 66.1 Å². The lowest BCUT2D eigenvalue weighted by Gasteiger charge is -2.29. The van der Waals surface area contributed by atoms with Crippen molar-refractivity contribution in [2.75, 3.05) is 32.1 Å². The number of halogens is 3. The Bertz CT molecular complexity index is 1540. The molecule has 0 amide bonds. The molecule has 0 aliphatic carbocycles. The minimum atomic E-state index is -4.43. The van der Waals surface area contributed by atoms with Crippen LogP contribution in [0.1, 0.15) is 12.8 Å². The number of pyridine rings is 1. The highest BCUT2D eigenvalue weighted by atomic mass is 19.4. The van der Waals surface area contributed by atoms with Crippen LogP contribution in [0, 0.1) is 0 Å². The van der Waals surface area contributed by atoms with Crippen LogP contribution in [0.5, 0.6) is 11.6 Å². The fourth-order valence-electron chi connectivity index (χ4n) is 4.40. The Hall–Kier alpha value is -4.39. The Kier molecular flexibility index (Phi) is 7.74. The number of fused-ring (bicyclic) bond motifs is 1. The van der Waals surface area contributed by atoms with Gasteiger partial charge in [0.15, 0.2) is 18.1 Å². The van der Waals surface area contributed by atoms with Crippen LogP contribution >= 0.6 is 0 Å². The Balaban J connectivity index is 1.44. The summed E-state index contributed by atoms with van der Waals surface area (Å²) < 4.78 is 51.2. The summed E-state index contributed by atoms with van der Waals surface area (Å²) in [5.41, 5.74) is 0.527. The van der Waals surface area contributed by atoms with Gasteiger partial charge in [0.05, 0.1) is 6.54 Å². The number of hydrogen-bond donors (Lipinski definition) is 1. The van der Waals surface area contributed by atoms with Gasteiger partial charge in [0.1, 0.15) is 17.2 Å². The van der Waals surface area contributed by atoms with E-state index in [0.29, 0.717) is 23.0 Å². The van der Waals surface area contributed by atoms with Gasteiger partial charge in [-0.25, -0.2) is 14.3 Å². The predicted molar refractivity (Wildman–Crippen MR) is 144 cm³/mol. The molecule has 4 aromatic rings. The molecular weight excluding hydrogens is 527 g/mol. The third kappa shape index (κ3) is 6.25. The summed E-state index contributed by atoms with van der Waals surface area (Å²) in [4.78, 5) is 29.0. The Morgan fingerprint density at radius 2 is 1.88 bits per heavy atom. The maximum Gasteiger partial charge on any atom is 0.422 e. The van der Waals surface area contributed by atoms with Crippen molar-refractivity contribution in [3.05, 3.63) is 71.7 Å². The topological polar surface area (TPSA) is 99.3 Å². The van der Waals surface area contributed by atoms with E-state index in [-0.39, 0.29) is 35.3 Å². The molecule has 0 spiro atoms. The van der Waals surface area contributed by atoms with Crippen molar-refractivity contribution < 1.29 is 22.6 Å². The van der Waals surface area contributed by atoms with E-state index in [4.69, 9.17) is 9.47 Å². The number of piperidine rings is 1. The average molecular weight is 556 g/mol. The van der Waals surface area contributed by atoms with Gasteiger partial charge in [-0.15, -0.1) is 6.58 Å². The molecule has 1 N–H and O–H groups in total. The summed E-state index contributed by atoms with van der Waals surface area (Å²) in [6, 6.07) is 11.2. The van der Waals surface area contributed by atoms with Crippen LogP contribution in [0.3, 0.4) is 0 Å². The first-order valence-electron chi connectivity index (χ1n) is 12.7. The fourth-order valence-corrected chi connectivity index (χ4v) is 4.40. The van der Waals surface area contributed by atoms with Crippen LogP contribution in [-0.2, 0) is 6.54 Å². The number of hydrogen-bond acceptors (Lipinski definition) is 8. The zero-order valence-corrected chi connectivity index (χ0v) is 21.8. The highest BCUT2D eigenvalue weighted by Gasteiger charge is 2.28. The Labute approximate surface area is 227 Å². The molecule has 0 radical (unpaired) electrons. The number of anilines is 2. The fraction of sp³-hybridized carbons (Fsp3) is 0.333. The van der Waals surface area contributed by atoms with E-state index in [0.717, 1.165) is 25.9 Å². The Morgan fingerprint density at radius 1 is 1.12 bits per heavy atom. The molecule has 5 rings (SSSR count). The van der Waals surface area contributed by atoms with Crippen molar-refractivity contribution >= 4 is 22.7 Å². The van der Waals surface area contributed by atoms with Crippen LogP contribution in [0.2, 0.25) is 0 Å². The maximum atomic E-state index is 13.2. The highest BCUT2D eigenvalue weighted by molar-refractivity contribution is 5.77. The lowest BCUT2D eigenvalue weighted by atomic mass is 10.1. The third-order valence-corrected chi connectivity index (χ3v) is 6.37. The number of aromatic nitrogens is 5. The number of nitrogens with one attached hydrogen (secondary N) is 1. The lowest BCUT2D eigenvalue weighted by Crippen LogP contribution is -2.35. The summed E-state index contributed by atoms with van der Waals surface area (Å²) >= 11 is 0. The molecular formula is C27H28F3N7O3. The number of likely N-dealkylation sites (tertiary alicyclic amines) is 1. The monoisotopic (exact) mass is 555 g/mol. The smallest absolute Gasteiger partial charge is 0.422 e. The molecule has 1 aliphatic rings. The van der Waals surface area contributed by atoms with Crippen molar-refractivity contribution in [1.82, 2.24) is 29.2 Å². The maximum absolute atomic E-state index is 13.2. The second-order valence-corrected chi connectivity index (χ2v) is 9.43. The van der Waals surface area contributed by atoms with Gasteiger partial charge >= 0.3 is 6.18 Å². The normalized spacial score (nSPS) is 14.8. The van der Waals surface area contributed by atoms with Crippen molar-refractivity contribution in [1.29, 1.82) is 0 Å². The summed E-state index contributed by atoms with van der Waals surface area (Å²) in [6.07, 6.45) is 0.444. The molecule has 40 heavy (non-hydrogen) atoms. The number of benzene rings is 1. The number of alkyl halides is 3. The molecule has 0 atom stereocenters. The van der Waals surface area contributed by atoms with E-state index in [9.17, 15) is 18.0 Å². The van der Waals surface area contributed by atoms with Gasteiger partial charge in [0.25, 0.3) is 5.56 Å². The van der Waals surface area contributed by atoms with Crippen molar-refractivity contribution in [2.45, 2.75) is 31.7 Å². The van der Waals surface area contributed by atoms with Crippen molar-refractivity contribution in [2.24, 2.45) is 0 Å². The van der Waals surface area contributed by atoms with Gasteiger partial charge < -0.3 is 19.7 Å². The van der Waals surface area contributed by atoms with Crippen LogP contribution < -0.4 is 20.3 Å². The molecule has 13 heteroatoms. The molecule has 0 bridgehead atoms. The molecule has 1 aliphatic heterocycles. The van der Waals surface area contributed by atoms with E-state index in [1.54, 1.807) is 35.0 Å².